The van der Waals surface area contributed by atoms with E-state index in [1.807, 2.05) is 6.07 Å². The molecular formula is C10H9ClF2N2. The zero-order valence-corrected chi connectivity index (χ0v) is 8.85. The van der Waals surface area contributed by atoms with Crippen LogP contribution in [0.5, 0.6) is 0 Å². The Labute approximate surface area is 91.5 Å². The summed E-state index contributed by atoms with van der Waals surface area (Å²) in [6.45, 7) is 1.55. The second-order valence-electron chi connectivity index (χ2n) is 3.05. The molecule has 5 heteroatoms. The molecule has 0 radical (unpaired) electrons. The van der Waals surface area contributed by atoms with Gasteiger partial charge in [0.25, 0.3) is 6.43 Å². The van der Waals surface area contributed by atoms with Crippen molar-refractivity contribution in [2.75, 3.05) is 0 Å². The number of aromatic nitrogens is 1. The molecular weight excluding hydrogens is 222 g/mol. The quantitative estimate of drug-likeness (QED) is 0.748. The van der Waals surface area contributed by atoms with E-state index in [4.69, 9.17) is 16.9 Å². The van der Waals surface area contributed by atoms with Gasteiger partial charge in [0.15, 0.2) is 0 Å². The van der Waals surface area contributed by atoms with Gasteiger partial charge in [0, 0.05) is 11.8 Å². The zero-order valence-electron chi connectivity index (χ0n) is 8.10. The van der Waals surface area contributed by atoms with E-state index in [9.17, 15) is 8.78 Å². The molecule has 0 aliphatic carbocycles. The van der Waals surface area contributed by atoms with E-state index in [2.05, 4.69) is 4.98 Å². The van der Waals surface area contributed by atoms with E-state index in [0.717, 1.165) is 0 Å². The molecule has 0 amide bonds. The maximum absolute atomic E-state index is 12.7. The fourth-order valence-corrected chi connectivity index (χ4v) is 1.64. The molecule has 2 nitrogen and oxygen atoms in total. The molecule has 0 saturated carbocycles. The Kier molecular flexibility index (Phi) is 3.98. The average Bonchev–Trinajstić information content (AvgIpc) is 2.18. The lowest BCUT2D eigenvalue weighted by molar-refractivity contribution is 0.149. The topological polar surface area (TPSA) is 36.7 Å². The highest BCUT2D eigenvalue weighted by Crippen LogP contribution is 2.28. The summed E-state index contributed by atoms with van der Waals surface area (Å²) in [6.07, 6.45) is -1.32. The highest BCUT2D eigenvalue weighted by atomic mass is 35.5. The van der Waals surface area contributed by atoms with Gasteiger partial charge >= 0.3 is 0 Å². The predicted molar refractivity (Wildman–Crippen MR) is 52.8 cm³/mol. The summed E-state index contributed by atoms with van der Waals surface area (Å²) in [4.78, 5) is 3.94. The van der Waals surface area contributed by atoms with Crippen molar-refractivity contribution in [3.8, 4) is 6.07 Å². The second-order valence-corrected chi connectivity index (χ2v) is 3.32. The number of aryl methyl sites for hydroxylation is 1. The number of halogens is 3. The molecule has 0 spiro atoms. The minimum atomic E-state index is -2.60. The Morgan fingerprint density at radius 1 is 1.60 bits per heavy atom. The molecule has 0 aromatic carbocycles. The SMILES string of the molecule is Cc1cnc(CCl)c(CC#N)c1C(F)F. The number of alkyl halides is 3. The van der Waals surface area contributed by atoms with Crippen molar-refractivity contribution >= 4 is 11.6 Å². The fraction of sp³-hybridized carbons (Fsp3) is 0.400. The standard InChI is InChI=1S/C10H9ClF2N2/c1-6-5-15-8(4-11)7(2-3-14)9(6)10(12)13/h5,10H,2,4H2,1H3. The normalized spacial score (nSPS) is 10.4. The molecule has 1 heterocycles. The fourth-order valence-electron chi connectivity index (χ4n) is 1.41. The first-order chi connectivity index (χ1) is 7.11. The lowest BCUT2D eigenvalue weighted by Gasteiger charge is -2.12. The summed E-state index contributed by atoms with van der Waals surface area (Å²) < 4.78 is 25.5. The van der Waals surface area contributed by atoms with Gasteiger partial charge in [-0.05, 0) is 18.1 Å². The third-order valence-electron chi connectivity index (χ3n) is 2.11. The van der Waals surface area contributed by atoms with Crippen LogP contribution in [0.3, 0.4) is 0 Å². The number of rotatable bonds is 3. The maximum atomic E-state index is 12.7. The monoisotopic (exact) mass is 230 g/mol. The van der Waals surface area contributed by atoms with Crippen LogP contribution in [-0.2, 0) is 12.3 Å². The minimum Gasteiger partial charge on any atom is -0.259 e. The van der Waals surface area contributed by atoms with Gasteiger partial charge in [0.05, 0.1) is 24.1 Å². The first-order valence-electron chi connectivity index (χ1n) is 4.30. The van der Waals surface area contributed by atoms with Gasteiger partial charge in [-0.3, -0.25) is 4.98 Å². The highest BCUT2D eigenvalue weighted by Gasteiger charge is 2.19. The number of hydrogen-bond donors (Lipinski definition) is 0. The van der Waals surface area contributed by atoms with Crippen LogP contribution < -0.4 is 0 Å². The van der Waals surface area contributed by atoms with E-state index < -0.39 is 6.43 Å². The Balaban J connectivity index is 3.38. The van der Waals surface area contributed by atoms with Crippen LogP contribution >= 0.6 is 11.6 Å². The van der Waals surface area contributed by atoms with Crippen LogP contribution in [0.2, 0.25) is 0 Å². The minimum absolute atomic E-state index is 0.0387. The van der Waals surface area contributed by atoms with E-state index in [1.165, 1.54) is 6.20 Å². The van der Waals surface area contributed by atoms with Gasteiger partial charge in [0.1, 0.15) is 0 Å². The van der Waals surface area contributed by atoms with Crippen molar-refractivity contribution < 1.29 is 8.78 Å². The summed E-state index contributed by atoms with van der Waals surface area (Å²) in [5, 5.41) is 8.57. The van der Waals surface area contributed by atoms with E-state index in [-0.39, 0.29) is 23.4 Å². The predicted octanol–water partition coefficient (Wildman–Crippen LogP) is 3.13. The molecule has 0 aliphatic rings. The molecule has 0 bridgehead atoms. The van der Waals surface area contributed by atoms with Crippen LogP contribution in [0.15, 0.2) is 6.20 Å². The molecule has 0 atom stereocenters. The summed E-state index contributed by atoms with van der Waals surface area (Å²) in [7, 11) is 0. The van der Waals surface area contributed by atoms with E-state index >= 15 is 0 Å². The van der Waals surface area contributed by atoms with Crippen molar-refractivity contribution in [2.45, 2.75) is 25.7 Å². The molecule has 1 aromatic rings. The lowest BCUT2D eigenvalue weighted by atomic mass is 10.0. The molecule has 1 rings (SSSR count). The molecule has 0 N–H and O–H groups in total. The number of nitrogens with zero attached hydrogens (tertiary/aromatic N) is 2. The van der Waals surface area contributed by atoms with Crippen LogP contribution in [0.4, 0.5) is 8.78 Å². The van der Waals surface area contributed by atoms with Gasteiger partial charge in [-0.2, -0.15) is 5.26 Å². The van der Waals surface area contributed by atoms with E-state index in [0.29, 0.717) is 11.3 Å². The van der Waals surface area contributed by atoms with Gasteiger partial charge in [0.2, 0.25) is 0 Å². The highest BCUT2D eigenvalue weighted by molar-refractivity contribution is 6.17. The molecule has 0 unspecified atom stereocenters. The lowest BCUT2D eigenvalue weighted by Crippen LogP contribution is -2.04. The van der Waals surface area contributed by atoms with Gasteiger partial charge < -0.3 is 0 Å². The summed E-state index contributed by atoms with van der Waals surface area (Å²) in [5.74, 6) is 0.0387. The van der Waals surface area contributed by atoms with Crippen LogP contribution in [0.25, 0.3) is 0 Å². The molecule has 80 valence electrons. The Morgan fingerprint density at radius 2 is 2.27 bits per heavy atom. The van der Waals surface area contributed by atoms with Crippen molar-refractivity contribution in [3.05, 3.63) is 28.6 Å². The third-order valence-corrected chi connectivity index (χ3v) is 2.37. The number of pyridine rings is 1. The Morgan fingerprint density at radius 3 is 2.73 bits per heavy atom. The first-order valence-corrected chi connectivity index (χ1v) is 4.83. The molecule has 1 aromatic heterocycles. The average molecular weight is 231 g/mol. The maximum Gasteiger partial charge on any atom is 0.264 e. The van der Waals surface area contributed by atoms with Gasteiger partial charge in [-0.15, -0.1) is 11.6 Å². The van der Waals surface area contributed by atoms with E-state index in [1.54, 1.807) is 6.92 Å². The van der Waals surface area contributed by atoms with Crippen molar-refractivity contribution in [1.29, 1.82) is 5.26 Å². The summed E-state index contributed by atoms with van der Waals surface area (Å²) in [5.41, 5.74) is 0.910. The van der Waals surface area contributed by atoms with Crippen molar-refractivity contribution in [2.24, 2.45) is 0 Å². The summed E-state index contributed by atoms with van der Waals surface area (Å²) >= 11 is 5.58. The third kappa shape index (κ3) is 2.42. The Hall–Kier alpha value is -1.21. The van der Waals surface area contributed by atoms with Crippen molar-refractivity contribution in [3.63, 3.8) is 0 Å². The first kappa shape index (κ1) is 11.9. The largest absolute Gasteiger partial charge is 0.264 e. The molecule has 15 heavy (non-hydrogen) atoms. The number of hydrogen-bond acceptors (Lipinski definition) is 2. The van der Waals surface area contributed by atoms with Crippen LogP contribution in [-0.4, -0.2) is 4.98 Å². The van der Waals surface area contributed by atoms with Gasteiger partial charge in [-0.25, -0.2) is 8.78 Å². The molecule has 0 fully saturated rings. The van der Waals surface area contributed by atoms with Crippen LogP contribution in [0, 0.1) is 18.3 Å². The molecule has 0 aliphatic heterocycles. The smallest absolute Gasteiger partial charge is 0.259 e. The summed E-state index contributed by atoms with van der Waals surface area (Å²) in [6, 6.07) is 1.85. The number of nitriles is 1. The molecule has 0 saturated heterocycles. The zero-order chi connectivity index (χ0) is 11.4. The van der Waals surface area contributed by atoms with Crippen LogP contribution in [0.1, 0.15) is 28.8 Å². The second kappa shape index (κ2) is 5.04. The Bertz CT molecular complexity index is 399. The van der Waals surface area contributed by atoms with Crippen molar-refractivity contribution in [1.82, 2.24) is 4.98 Å². The van der Waals surface area contributed by atoms with Gasteiger partial charge in [-0.1, -0.05) is 0 Å².